The Morgan fingerprint density at radius 2 is 2.22 bits per heavy atom. The SMILES string of the molecule is CCCOCCCn1c(=S)[nH]c2cc(Cl)ccc21. The first kappa shape index (κ1) is 13.6. The smallest absolute Gasteiger partial charge is 0.178 e. The van der Waals surface area contributed by atoms with Crippen LogP contribution in [0.2, 0.25) is 5.02 Å². The van der Waals surface area contributed by atoms with Gasteiger partial charge in [0.05, 0.1) is 11.0 Å². The quantitative estimate of drug-likeness (QED) is 0.637. The van der Waals surface area contributed by atoms with Gasteiger partial charge in [-0.05, 0) is 43.3 Å². The van der Waals surface area contributed by atoms with E-state index >= 15 is 0 Å². The Balaban J connectivity index is 2.08. The molecule has 0 unspecified atom stereocenters. The minimum Gasteiger partial charge on any atom is -0.381 e. The number of nitrogens with zero attached hydrogens (tertiary/aromatic N) is 1. The van der Waals surface area contributed by atoms with Gasteiger partial charge in [0.2, 0.25) is 0 Å². The van der Waals surface area contributed by atoms with Crippen molar-refractivity contribution in [2.24, 2.45) is 0 Å². The number of imidazole rings is 1. The van der Waals surface area contributed by atoms with Crippen LogP contribution in [0.5, 0.6) is 0 Å². The van der Waals surface area contributed by atoms with E-state index in [1.807, 2.05) is 18.2 Å². The number of aromatic nitrogens is 2. The third-order valence-corrected chi connectivity index (χ3v) is 3.31. The molecule has 0 spiro atoms. The van der Waals surface area contributed by atoms with Crippen molar-refractivity contribution in [1.29, 1.82) is 0 Å². The molecule has 5 heteroatoms. The minimum absolute atomic E-state index is 0.720. The van der Waals surface area contributed by atoms with Crippen LogP contribution < -0.4 is 0 Å². The Labute approximate surface area is 117 Å². The number of aromatic amines is 1. The Morgan fingerprint density at radius 1 is 1.39 bits per heavy atom. The molecule has 0 fully saturated rings. The maximum absolute atomic E-state index is 5.96. The van der Waals surface area contributed by atoms with Gasteiger partial charge in [-0.3, -0.25) is 0 Å². The van der Waals surface area contributed by atoms with Gasteiger partial charge in [-0.2, -0.15) is 0 Å². The van der Waals surface area contributed by atoms with Gasteiger partial charge in [0.1, 0.15) is 0 Å². The van der Waals surface area contributed by atoms with Gasteiger partial charge in [0, 0.05) is 24.8 Å². The summed E-state index contributed by atoms with van der Waals surface area (Å²) in [7, 11) is 0. The topological polar surface area (TPSA) is 29.9 Å². The average Bonchev–Trinajstić information content (AvgIpc) is 2.64. The van der Waals surface area contributed by atoms with E-state index < -0.39 is 0 Å². The van der Waals surface area contributed by atoms with Crippen molar-refractivity contribution in [1.82, 2.24) is 9.55 Å². The summed E-state index contributed by atoms with van der Waals surface area (Å²) < 4.78 is 8.31. The summed E-state index contributed by atoms with van der Waals surface area (Å²) in [6, 6.07) is 5.78. The monoisotopic (exact) mass is 284 g/mol. The standard InChI is InChI=1S/C13H17ClN2OS/c1-2-7-17-8-3-6-16-12-5-4-10(14)9-11(12)15-13(16)18/h4-5,9H,2-3,6-8H2,1H3,(H,15,18). The number of rotatable bonds is 6. The van der Waals surface area contributed by atoms with E-state index in [1.165, 1.54) is 0 Å². The highest BCUT2D eigenvalue weighted by Crippen LogP contribution is 2.19. The number of hydrogen-bond acceptors (Lipinski definition) is 2. The van der Waals surface area contributed by atoms with E-state index in [9.17, 15) is 0 Å². The first-order chi connectivity index (χ1) is 8.72. The fourth-order valence-electron chi connectivity index (χ4n) is 1.93. The third-order valence-electron chi connectivity index (χ3n) is 2.76. The Morgan fingerprint density at radius 3 is 3.00 bits per heavy atom. The predicted octanol–water partition coefficient (Wildman–Crippen LogP) is 4.17. The van der Waals surface area contributed by atoms with Crippen LogP contribution in [0.3, 0.4) is 0 Å². The summed E-state index contributed by atoms with van der Waals surface area (Å²) in [6.45, 7) is 4.58. The lowest BCUT2D eigenvalue weighted by molar-refractivity contribution is 0.129. The van der Waals surface area contributed by atoms with Gasteiger partial charge in [-0.15, -0.1) is 0 Å². The fraction of sp³-hybridized carbons (Fsp3) is 0.462. The molecule has 0 amide bonds. The fourth-order valence-corrected chi connectivity index (χ4v) is 2.40. The molecule has 0 saturated carbocycles. The highest BCUT2D eigenvalue weighted by Gasteiger charge is 2.04. The van der Waals surface area contributed by atoms with Crippen LogP contribution in [0.25, 0.3) is 11.0 Å². The summed E-state index contributed by atoms with van der Waals surface area (Å²) in [5.41, 5.74) is 2.09. The number of ether oxygens (including phenoxy) is 1. The summed E-state index contributed by atoms with van der Waals surface area (Å²) in [5, 5.41) is 0.720. The van der Waals surface area contributed by atoms with Crippen LogP contribution >= 0.6 is 23.8 Å². The zero-order chi connectivity index (χ0) is 13.0. The summed E-state index contributed by atoms with van der Waals surface area (Å²) in [6.07, 6.45) is 2.02. The molecule has 3 nitrogen and oxygen atoms in total. The molecule has 0 atom stereocenters. The van der Waals surface area contributed by atoms with Crippen molar-refractivity contribution in [2.45, 2.75) is 26.3 Å². The van der Waals surface area contributed by atoms with E-state index in [0.29, 0.717) is 0 Å². The van der Waals surface area contributed by atoms with Crippen molar-refractivity contribution < 1.29 is 4.74 Å². The normalized spacial score (nSPS) is 11.2. The van der Waals surface area contributed by atoms with Crippen LogP contribution in [-0.2, 0) is 11.3 Å². The van der Waals surface area contributed by atoms with Crippen LogP contribution in [0, 0.1) is 4.77 Å². The molecule has 0 aliphatic rings. The summed E-state index contributed by atoms with van der Waals surface area (Å²) >= 11 is 11.3. The molecule has 0 saturated heterocycles. The van der Waals surface area contributed by atoms with E-state index in [2.05, 4.69) is 16.5 Å². The number of halogens is 1. The molecule has 2 aromatic rings. The Kier molecular flexibility index (Phi) is 4.80. The first-order valence-electron chi connectivity index (χ1n) is 6.18. The number of aryl methyl sites for hydroxylation is 1. The predicted molar refractivity (Wildman–Crippen MR) is 77.9 cm³/mol. The van der Waals surface area contributed by atoms with Crippen molar-refractivity contribution >= 4 is 34.9 Å². The third kappa shape index (κ3) is 3.13. The first-order valence-corrected chi connectivity index (χ1v) is 6.97. The molecule has 0 aliphatic carbocycles. The number of benzene rings is 1. The van der Waals surface area contributed by atoms with Crippen LogP contribution in [-0.4, -0.2) is 22.8 Å². The van der Waals surface area contributed by atoms with Gasteiger partial charge in [0.25, 0.3) is 0 Å². The molecule has 1 aromatic carbocycles. The van der Waals surface area contributed by atoms with Gasteiger partial charge in [-0.25, -0.2) is 0 Å². The van der Waals surface area contributed by atoms with Gasteiger partial charge in [-0.1, -0.05) is 18.5 Å². The molecule has 0 radical (unpaired) electrons. The van der Waals surface area contributed by atoms with Crippen molar-refractivity contribution in [2.75, 3.05) is 13.2 Å². The molecule has 0 bridgehead atoms. The lowest BCUT2D eigenvalue weighted by Gasteiger charge is -2.05. The second-order valence-electron chi connectivity index (χ2n) is 4.21. The number of hydrogen-bond donors (Lipinski definition) is 1. The van der Waals surface area contributed by atoms with Crippen molar-refractivity contribution in [3.63, 3.8) is 0 Å². The maximum atomic E-state index is 5.96. The summed E-state index contributed by atoms with van der Waals surface area (Å²) in [4.78, 5) is 3.17. The van der Waals surface area contributed by atoms with Crippen molar-refractivity contribution in [3.8, 4) is 0 Å². The molecular formula is C13H17ClN2OS. The van der Waals surface area contributed by atoms with Gasteiger partial charge >= 0.3 is 0 Å². The van der Waals surface area contributed by atoms with Crippen LogP contribution in [0.1, 0.15) is 19.8 Å². The van der Waals surface area contributed by atoms with Crippen molar-refractivity contribution in [3.05, 3.63) is 28.0 Å². The molecule has 1 heterocycles. The molecule has 0 aliphatic heterocycles. The number of H-pyrrole nitrogens is 1. The molecule has 18 heavy (non-hydrogen) atoms. The largest absolute Gasteiger partial charge is 0.381 e. The lowest BCUT2D eigenvalue weighted by Crippen LogP contribution is -2.03. The maximum Gasteiger partial charge on any atom is 0.178 e. The van der Waals surface area contributed by atoms with E-state index in [0.717, 1.165) is 53.4 Å². The Bertz CT molecular complexity index is 576. The average molecular weight is 285 g/mol. The number of fused-ring (bicyclic) bond motifs is 1. The van der Waals surface area contributed by atoms with Gasteiger partial charge < -0.3 is 14.3 Å². The van der Waals surface area contributed by atoms with Crippen LogP contribution in [0.4, 0.5) is 0 Å². The second kappa shape index (κ2) is 6.36. The minimum atomic E-state index is 0.720. The zero-order valence-corrected chi connectivity index (χ0v) is 12.0. The lowest BCUT2D eigenvalue weighted by atomic mass is 10.3. The molecule has 1 N–H and O–H groups in total. The highest BCUT2D eigenvalue weighted by atomic mass is 35.5. The molecule has 2 rings (SSSR count). The van der Waals surface area contributed by atoms with E-state index in [-0.39, 0.29) is 0 Å². The van der Waals surface area contributed by atoms with E-state index in [4.69, 9.17) is 28.6 Å². The molecule has 1 aromatic heterocycles. The Hall–Kier alpha value is -0.840. The second-order valence-corrected chi connectivity index (χ2v) is 5.03. The number of nitrogens with one attached hydrogen (secondary N) is 1. The zero-order valence-electron chi connectivity index (χ0n) is 10.4. The highest BCUT2D eigenvalue weighted by molar-refractivity contribution is 7.71. The van der Waals surface area contributed by atoms with Crippen LogP contribution in [0.15, 0.2) is 18.2 Å². The summed E-state index contributed by atoms with van der Waals surface area (Å²) in [5.74, 6) is 0. The van der Waals surface area contributed by atoms with E-state index in [1.54, 1.807) is 0 Å². The molecular weight excluding hydrogens is 268 g/mol. The van der Waals surface area contributed by atoms with Gasteiger partial charge in [0.15, 0.2) is 4.77 Å². The molecule has 98 valence electrons.